The molecule has 102 valence electrons. The van der Waals surface area contributed by atoms with E-state index in [1.165, 1.54) is 22.7 Å². The second-order valence-corrected chi connectivity index (χ2v) is 6.78. The van der Waals surface area contributed by atoms with E-state index in [1.54, 1.807) is 18.3 Å². The Morgan fingerprint density at radius 1 is 1.35 bits per heavy atom. The standard InChI is InChI=1S/C12H9ClN4OS2/c13-8-2-1-6(19-8)5-15-11(18)10-9(14)7-3-4-16-17-12(7)20-10/h1-4H,5,14H2,(H,15,18). The van der Waals surface area contributed by atoms with Crippen LogP contribution in [-0.4, -0.2) is 16.1 Å². The van der Waals surface area contributed by atoms with Gasteiger partial charge in [-0.15, -0.1) is 27.8 Å². The van der Waals surface area contributed by atoms with Crippen molar-refractivity contribution in [2.45, 2.75) is 6.54 Å². The van der Waals surface area contributed by atoms with Crippen molar-refractivity contribution in [3.63, 3.8) is 0 Å². The van der Waals surface area contributed by atoms with Gasteiger partial charge >= 0.3 is 0 Å². The number of carbonyl (C=O) groups excluding carboxylic acids is 1. The van der Waals surface area contributed by atoms with Gasteiger partial charge < -0.3 is 11.1 Å². The summed E-state index contributed by atoms with van der Waals surface area (Å²) in [6, 6.07) is 5.44. The maximum absolute atomic E-state index is 12.2. The van der Waals surface area contributed by atoms with Crippen molar-refractivity contribution in [1.82, 2.24) is 15.5 Å². The molecule has 0 aliphatic carbocycles. The van der Waals surface area contributed by atoms with Crippen molar-refractivity contribution >= 4 is 56.1 Å². The summed E-state index contributed by atoms with van der Waals surface area (Å²) in [5, 5.41) is 11.3. The Morgan fingerprint density at radius 3 is 2.90 bits per heavy atom. The molecule has 20 heavy (non-hydrogen) atoms. The average molecular weight is 325 g/mol. The summed E-state index contributed by atoms with van der Waals surface area (Å²) in [5.41, 5.74) is 6.42. The third-order valence-corrected chi connectivity index (χ3v) is 5.01. The lowest BCUT2D eigenvalue weighted by molar-refractivity contribution is 0.0956. The van der Waals surface area contributed by atoms with Gasteiger partial charge in [0.25, 0.3) is 5.91 Å². The maximum atomic E-state index is 12.2. The second kappa shape index (κ2) is 5.35. The van der Waals surface area contributed by atoms with Crippen LogP contribution >= 0.6 is 34.3 Å². The van der Waals surface area contributed by atoms with E-state index in [2.05, 4.69) is 15.5 Å². The minimum Gasteiger partial charge on any atom is -0.397 e. The van der Waals surface area contributed by atoms with Gasteiger partial charge in [-0.1, -0.05) is 11.6 Å². The molecule has 0 atom stereocenters. The second-order valence-electron chi connectivity index (χ2n) is 3.98. The molecule has 3 N–H and O–H groups in total. The smallest absolute Gasteiger partial charge is 0.263 e. The van der Waals surface area contributed by atoms with Crippen LogP contribution in [0, 0.1) is 0 Å². The minimum absolute atomic E-state index is 0.213. The van der Waals surface area contributed by atoms with E-state index in [4.69, 9.17) is 17.3 Å². The fraction of sp³-hybridized carbons (Fsp3) is 0.0833. The van der Waals surface area contributed by atoms with E-state index in [0.717, 1.165) is 10.3 Å². The quantitative estimate of drug-likeness (QED) is 0.776. The van der Waals surface area contributed by atoms with Gasteiger partial charge in [-0.25, -0.2) is 0 Å². The molecule has 5 nitrogen and oxygen atoms in total. The Balaban J connectivity index is 1.80. The normalized spacial score (nSPS) is 10.8. The van der Waals surface area contributed by atoms with E-state index in [-0.39, 0.29) is 5.91 Å². The lowest BCUT2D eigenvalue weighted by atomic mass is 10.3. The van der Waals surface area contributed by atoms with Gasteiger partial charge in [0, 0.05) is 10.3 Å². The number of halogens is 1. The first-order valence-corrected chi connectivity index (χ1v) is 7.68. The van der Waals surface area contributed by atoms with Gasteiger partial charge in [-0.05, 0) is 18.2 Å². The fourth-order valence-corrected chi connectivity index (χ4v) is 3.72. The predicted molar refractivity (Wildman–Crippen MR) is 82.3 cm³/mol. The van der Waals surface area contributed by atoms with E-state index in [9.17, 15) is 4.79 Å². The number of amides is 1. The van der Waals surface area contributed by atoms with Crippen LogP contribution in [0.5, 0.6) is 0 Å². The molecule has 0 aromatic carbocycles. The highest BCUT2D eigenvalue weighted by molar-refractivity contribution is 7.21. The summed E-state index contributed by atoms with van der Waals surface area (Å²) in [5.74, 6) is -0.213. The molecule has 0 saturated heterocycles. The first kappa shape index (κ1) is 13.3. The zero-order chi connectivity index (χ0) is 14.1. The number of nitrogen functional groups attached to an aromatic ring is 1. The van der Waals surface area contributed by atoms with Crippen LogP contribution in [-0.2, 0) is 6.54 Å². The lowest BCUT2D eigenvalue weighted by Gasteiger charge is -2.02. The Labute approximate surface area is 127 Å². The van der Waals surface area contributed by atoms with Crippen molar-refractivity contribution in [2.24, 2.45) is 0 Å². The number of hydrogen-bond acceptors (Lipinski definition) is 6. The molecule has 0 fully saturated rings. The van der Waals surface area contributed by atoms with Gasteiger partial charge in [-0.3, -0.25) is 4.79 Å². The number of nitrogens with one attached hydrogen (secondary N) is 1. The summed E-state index contributed by atoms with van der Waals surface area (Å²) >= 11 is 8.52. The molecule has 8 heteroatoms. The molecule has 3 rings (SSSR count). The molecule has 0 spiro atoms. The summed E-state index contributed by atoms with van der Waals surface area (Å²) in [4.78, 5) is 14.3. The number of rotatable bonds is 3. The van der Waals surface area contributed by atoms with Crippen LogP contribution in [0.25, 0.3) is 10.2 Å². The first-order chi connectivity index (χ1) is 9.65. The number of nitrogens with zero attached hydrogens (tertiary/aromatic N) is 2. The summed E-state index contributed by atoms with van der Waals surface area (Å²) in [6.07, 6.45) is 1.56. The zero-order valence-corrected chi connectivity index (χ0v) is 12.5. The maximum Gasteiger partial charge on any atom is 0.263 e. The Hall–Kier alpha value is -1.70. The number of thiophene rings is 2. The minimum atomic E-state index is -0.213. The van der Waals surface area contributed by atoms with E-state index in [1.807, 2.05) is 6.07 Å². The largest absolute Gasteiger partial charge is 0.397 e. The van der Waals surface area contributed by atoms with Crippen molar-refractivity contribution in [3.8, 4) is 0 Å². The summed E-state index contributed by atoms with van der Waals surface area (Å²) in [7, 11) is 0. The molecular weight excluding hydrogens is 316 g/mol. The van der Waals surface area contributed by atoms with E-state index >= 15 is 0 Å². The number of nitrogens with two attached hydrogens (primary N) is 1. The fourth-order valence-electron chi connectivity index (χ4n) is 1.74. The molecule has 3 aromatic heterocycles. The van der Waals surface area contributed by atoms with Crippen molar-refractivity contribution in [2.75, 3.05) is 5.73 Å². The predicted octanol–water partition coefficient (Wildman–Crippen LogP) is 2.92. The Morgan fingerprint density at radius 2 is 2.20 bits per heavy atom. The van der Waals surface area contributed by atoms with Crippen LogP contribution in [0.1, 0.15) is 14.5 Å². The molecule has 3 aromatic rings. The van der Waals surface area contributed by atoms with Crippen LogP contribution in [0.3, 0.4) is 0 Å². The molecule has 0 bridgehead atoms. The monoisotopic (exact) mass is 324 g/mol. The van der Waals surface area contributed by atoms with Gasteiger partial charge in [0.05, 0.1) is 22.8 Å². The van der Waals surface area contributed by atoms with E-state index in [0.29, 0.717) is 26.3 Å². The van der Waals surface area contributed by atoms with Gasteiger partial charge in [-0.2, -0.15) is 5.10 Å². The number of hydrogen-bond donors (Lipinski definition) is 2. The Bertz CT molecular complexity index is 783. The lowest BCUT2D eigenvalue weighted by Crippen LogP contribution is -2.22. The van der Waals surface area contributed by atoms with Crippen molar-refractivity contribution < 1.29 is 4.79 Å². The van der Waals surface area contributed by atoms with E-state index < -0.39 is 0 Å². The molecular formula is C12H9ClN4OS2. The van der Waals surface area contributed by atoms with Crippen molar-refractivity contribution in [3.05, 3.63) is 38.5 Å². The third kappa shape index (κ3) is 2.47. The van der Waals surface area contributed by atoms with Crippen molar-refractivity contribution in [1.29, 1.82) is 0 Å². The zero-order valence-electron chi connectivity index (χ0n) is 10.1. The summed E-state index contributed by atoms with van der Waals surface area (Å²) < 4.78 is 0.700. The highest BCUT2D eigenvalue weighted by atomic mass is 35.5. The van der Waals surface area contributed by atoms with Crippen LogP contribution < -0.4 is 11.1 Å². The molecule has 1 amide bonds. The number of carbonyl (C=O) groups is 1. The Kier molecular flexibility index (Phi) is 3.56. The molecule has 0 aliphatic rings. The number of anilines is 1. The van der Waals surface area contributed by atoms with Crippen LogP contribution in [0.4, 0.5) is 5.69 Å². The average Bonchev–Trinajstić information content (AvgIpc) is 3.01. The topological polar surface area (TPSA) is 80.9 Å². The summed E-state index contributed by atoms with van der Waals surface area (Å²) in [6.45, 7) is 0.426. The van der Waals surface area contributed by atoms with Crippen LogP contribution in [0.15, 0.2) is 24.4 Å². The molecule has 0 saturated carbocycles. The van der Waals surface area contributed by atoms with Crippen LogP contribution in [0.2, 0.25) is 4.34 Å². The molecule has 0 aliphatic heterocycles. The number of aromatic nitrogens is 2. The van der Waals surface area contributed by atoms with Gasteiger partial charge in [0.1, 0.15) is 9.71 Å². The molecule has 3 heterocycles. The molecule has 0 radical (unpaired) electrons. The molecule has 0 unspecified atom stereocenters. The highest BCUT2D eigenvalue weighted by Gasteiger charge is 2.17. The third-order valence-electron chi connectivity index (χ3n) is 2.68. The SMILES string of the molecule is Nc1c(C(=O)NCc2ccc(Cl)s2)sc2nnccc12. The number of fused-ring (bicyclic) bond motifs is 1. The highest BCUT2D eigenvalue weighted by Crippen LogP contribution is 2.31. The van der Waals surface area contributed by atoms with Gasteiger partial charge in [0.15, 0.2) is 0 Å². The van der Waals surface area contributed by atoms with Gasteiger partial charge in [0.2, 0.25) is 0 Å². The first-order valence-electron chi connectivity index (χ1n) is 5.67.